The summed E-state index contributed by atoms with van der Waals surface area (Å²) in [7, 11) is 0. The third-order valence-electron chi connectivity index (χ3n) is 7.48. The number of hydrogen-bond acceptors (Lipinski definition) is 10. The molecule has 16 heteroatoms. The maximum absolute atomic E-state index is 13.5. The molecule has 15 nitrogen and oxygen atoms in total. The molecule has 0 saturated carbocycles. The number of rotatable bonds is 16. The van der Waals surface area contributed by atoms with Crippen LogP contribution in [0, 0.1) is 10.1 Å². The number of nitrogens with two attached hydrogens (primary N) is 2. The summed E-state index contributed by atoms with van der Waals surface area (Å²) in [6, 6.07) is 7.76. The van der Waals surface area contributed by atoms with Crippen molar-refractivity contribution < 1.29 is 34.0 Å². The minimum absolute atomic E-state index is 0.0379. The van der Waals surface area contributed by atoms with Gasteiger partial charge in [0, 0.05) is 25.1 Å². The second kappa shape index (κ2) is 17.1. The standard InChI is InChI=1S/C30H39N7O8S/c1-46-14-12-23(35-28(41)22(31)15-18-6-10-21(38)11-7-18)29(42)33-17-26(39)34-24(16-19-4-8-20(9-5-19)37(44)45)30(43)36-13-2-3-25(36)27(32)40/h4-11,22-25,38H,2-3,12-17,31H2,1H3,(H2,32,40)(H,33,42)(H,34,39)(H,35,41)/t22-,23-,24-,25-/m0/s1. The van der Waals surface area contributed by atoms with Gasteiger partial charge < -0.3 is 37.4 Å². The third-order valence-corrected chi connectivity index (χ3v) is 8.12. The lowest BCUT2D eigenvalue weighted by Gasteiger charge is -2.28. The second-order valence-electron chi connectivity index (χ2n) is 10.9. The van der Waals surface area contributed by atoms with Crippen molar-refractivity contribution in [3.8, 4) is 5.75 Å². The van der Waals surface area contributed by atoms with E-state index in [1.807, 2.05) is 6.26 Å². The first-order chi connectivity index (χ1) is 21.9. The van der Waals surface area contributed by atoms with Crippen molar-refractivity contribution in [2.45, 2.75) is 56.3 Å². The third kappa shape index (κ3) is 10.4. The van der Waals surface area contributed by atoms with Crippen LogP contribution in [0.15, 0.2) is 48.5 Å². The van der Waals surface area contributed by atoms with Crippen LogP contribution < -0.4 is 27.4 Å². The number of amides is 5. The van der Waals surface area contributed by atoms with Crippen molar-refractivity contribution in [1.29, 1.82) is 0 Å². The van der Waals surface area contributed by atoms with E-state index in [1.54, 1.807) is 12.1 Å². The number of hydrogen-bond donors (Lipinski definition) is 6. The molecule has 0 spiro atoms. The first kappa shape index (κ1) is 35.8. The van der Waals surface area contributed by atoms with Crippen molar-refractivity contribution in [3.05, 3.63) is 69.8 Å². The van der Waals surface area contributed by atoms with Crippen LogP contribution in [0.25, 0.3) is 0 Å². The molecule has 0 aromatic heterocycles. The summed E-state index contributed by atoms with van der Waals surface area (Å²) in [4.78, 5) is 76.1. The Kier molecular flexibility index (Phi) is 13.3. The number of nitrogens with one attached hydrogen (secondary N) is 3. The highest BCUT2D eigenvalue weighted by molar-refractivity contribution is 7.98. The van der Waals surface area contributed by atoms with Crippen LogP contribution in [0.2, 0.25) is 0 Å². The average Bonchev–Trinajstić information content (AvgIpc) is 3.53. The highest BCUT2D eigenvalue weighted by Gasteiger charge is 2.37. The number of likely N-dealkylation sites (tertiary alicyclic amines) is 1. The number of carbonyl (C=O) groups excluding carboxylic acids is 5. The van der Waals surface area contributed by atoms with E-state index in [9.17, 15) is 39.2 Å². The highest BCUT2D eigenvalue weighted by atomic mass is 32.2. The van der Waals surface area contributed by atoms with Crippen LogP contribution in [0.5, 0.6) is 5.75 Å². The fourth-order valence-electron chi connectivity index (χ4n) is 5.01. The number of nitro benzene ring substituents is 1. The molecule has 1 heterocycles. The molecule has 3 rings (SSSR count). The number of aromatic hydroxyl groups is 1. The Labute approximate surface area is 270 Å². The van der Waals surface area contributed by atoms with Crippen molar-refractivity contribution >= 4 is 47.0 Å². The summed E-state index contributed by atoms with van der Waals surface area (Å²) in [5.74, 6) is -2.51. The number of benzene rings is 2. The van der Waals surface area contributed by atoms with Gasteiger partial charge in [-0.05, 0) is 61.0 Å². The van der Waals surface area contributed by atoms with Gasteiger partial charge in [-0.3, -0.25) is 34.1 Å². The van der Waals surface area contributed by atoms with Gasteiger partial charge in [0.25, 0.3) is 5.69 Å². The van der Waals surface area contributed by atoms with Crippen molar-refractivity contribution in [2.75, 3.05) is 25.1 Å². The Morgan fingerprint density at radius 3 is 2.24 bits per heavy atom. The van der Waals surface area contributed by atoms with E-state index >= 15 is 0 Å². The van der Waals surface area contributed by atoms with E-state index in [1.165, 1.54) is 53.1 Å². The fourth-order valence-corrected chi connectivity index (χ4v) is 5.49. The molecule has 8 N–H and O–H groups in total. The van der Waals surface area contributed by atoms with Crippen LogP contribution in [0.1, 0.15) is 30.4 Å². The molecule has 248 valence electrons. The predicted molar refractivity (Wildman–Crippen MR) is 170 cm³/mol. The Balaban J connectivity index is 1.65. The summed E-state index contributed by atoms with van der Waals surface area (Å²) in [6.45, 7) is -0.255. The normalized spacial score (nSPS) is 16.1. The smallest absolute Gasteiger partial charge is 0.269 e. The minimum atomic E-state index is -1.16. The second-order valence-corrected chi connectivity index (χ2v) is 11.9. The maximum atomic E-state index is 13.5. The van der Waals surface area contributed by atoms with Gasteiger partial charge in [-0.15, -0.1) is 0 Å². The summed E-state index contributed by atoms with van der Waals surface area (Å²) < 4.78 is 0. The molecule has 46 heavy (non-hydrogen) atoms. The van der Waals surface area contributed by atoms with Gasteiger partial charge in [-0.25, -0.2) is 0 Å². The topological polar surface area (TPSA) is 240 Å². The zero-order valence-electron chi connectivity index (χ0n) is 25.3. The van der Waals surface area contributed by atoms with E-state index < -0.39 is 65.2 Å². The summed E-state index contributed by atoms with van der Waals surface area (Å²) in [5, 5.41) is 28.2. The molecule has 0 aliphatic carbocycles. The monoisotopic (exact) mass is 657 g/mol. The van der Waals surface area contributed by atoms with E-state index in [0.29, 0.717) is 24.2 Å². The number of non-ortho nitro benzene ring substituents is 1. The Morgan fingerprint density at radius 2 is 1.63 bits per heavy atom. The zero-order valence-corrected chi connectivity index (χ0v) is 26.2. The largest absolute Gasteiger partial charge is 0.508 e. The first-order valence-corrected chi connectivity index (χ1v) is 16.0. The number of phenolic OH excluding ortho intramolecular Hbond substituents is 1. The fraction of sp³-hybridized carbons (Fsp3) is 0.433. The number of nitrogens with zero attached hydrogens (tertiary/aromatic N) is 2. The Hall–Kier alpha value is -4.70. The van der Waals surface area contributed by atoms with Crippen LogP contribution in [-0.2, 0) is 36.8 Å². The summed E-state index contributed by atoms with van der Waals surface area (Å²) in [5.41, 5.74) is 12.6. The number of primary amides is 1. The lowest BCUT2D eigenvalue weighted by molar-refractivity contribution is -0.384. The van der Waals surface area contributed by atoms with Crippen molar-refractivity contribution in [2.24, 2.45) is 11.5 Å². The van der Waals surface area contributed by atoms with Gasteiger partial charge in [-0.2, -0.15) is 11.8 Å². The lowest BCUT2D eigenvalue weighted by atomic mass is 10.0. The van der Waals surface area contributed by atoms with Gasteiger partial charge in [0.2, 0.25) is 29.5 Å². The molecule has 1 aliphatic rings. The van der Waals surface area contributed by atoms with E-state index in [4.69, 9.17) is 11.5 Å². The van der Waals surface area contributed by atoms with Crippen LogP contribution in [0.4, 0.5) is 5.69 Å². The summed E-state index contributed by atoms with van der Waals surface area (Å²) in [6.07, 6.45) is 3.17. The van der Waals surface area contributed by atoms with E-state index in [0.717, 1.165) is 5.56 Å². The molecule has 0 bridgehead atoms. The summed E-state index contributed by atoms with van der Waals surface area (Å²) >= 11 is 1.46. The average molecular weight is 658 g/mol. The maximum Gasteiger partial charge on any atom is 0.269 e. The number of nitro groups is 1. The van der Waals surface area contributed by atoms with Crippen LogP contribution >= 0.6 is 11.8 Å². The van der Waals surface area contributed by atoms with Gasteiger partial charge >= 0.3 is 0 Å². The minimum Gasteiger partial charge on any atom is -0.508 e. The van der Waals surface area contributed by atoms with Gasteiger partial charge in [0.05, 0.1) is 17.5 Å². The zero-order chi connectivity index (χ0) is 33.8. The SMILES string of the molecule is CSCC[C@H](NC(=O)[C@@H](N)Cc1ccc(O)cc1)C(=O)NCC(=O)N[C@@H](Cc1ccc([N+](=O)[O-])cc1)C(=O)N1CCC[C@H]1C(N)=O. The van der Waals surface area contributed by atoms with Crippen molar-refractivity contribution in [1.82, 2.24) is 20.9 Å². The molecule has 1 fully saturated rings. The molecule has 1 saturated heterocycles. The molecule has 0 unspecified atom stereocenters. The van der Waals surface area contributed by atoms with Gasteiger partial charge in [-0.1, -0.05) is 24.3 Å². The first-order valence-electron chi connectivity index (χ1n) is 14.6. The van der Waals surface area contributed by atoms with Gasteiger partial charge in [0.15, 0.2) is 0 Å². The molecule has 1 aliphatic heterocycles. The predicted octanol–water partition coefficient (Wildman–Crippen LogP) is -0.272. The molecular formula is C30H39N7O8S. The highest BCUT2D eigenvalue weighted by Crippen LogP contribution is 2.20. The Bertz CT molecular complexity index is 1410. The molecule has 0 radical (unpaired) electrons. The molecule has 2 aromatic rings. The number of thioether (sulfide) groups is 1. The molecule has 4 atom stereocenters. The Morgan fingerprint density at radius 1 is 1.00 bits per heavy atom. The number of phenols is 1. The number of carbonyl (C=O) groups is 5. The van der Waals surface area contributed by atoms with Crippen molar-refractivity contribution in [3.63, 3.8) is 0 Å². The molecule has 2 aromatic carbocycles. The van der Waals surface area contributed by atoms with Crippen LogP contribution in [0.3, 0.4) is 0 Å². The quantitative estimate of drug-likeness (QED) is 0.102. The molecule has 5 amide bonds. The lowest BCUT2D eigenvalue weighted by Crippen LogP contribution is -2.56. The van der Waals surface area contributed by atoms with E-state index in [-0.39, 0.29) is 37.2 Å². The van der Waals surface area contributed by atoms with Gasteiger partial charge in [0.1, 0.15) is 23.9 Å². The van der Waals surface area contributed by atoms with Crippen LogP contribution in [-0.4, -0.2) is 93.7 Å². The molecular weight excluding hydrogens is 618 g/mol. The van der Waals surface area contributed by atoms with E-state index in [2.05, 4.69) is 16.0 Å².